The van der Waals surface area contributed by atoms with Crippen LogP contribution >= 0.6 is 0 Å². The Hall–Kier alpha value is -2.36. The molecule has 0 radical (unpaired) electrons. The van der Waals surface area contributed by atoms with Gasteiger partial charge in [0.1, 0.15) is 5.56 Å². The smallest absolute Gasteiger partial charge is 0.345 e. The highest BCUT2D eigenvalue weighted by Gasteiger charge is 2.32. The van der Waals surface area contributed by atoms with Crippen LogP contribution in [0.5, 0.6) is 0 Å². The molecule has 0 aliphatic heterocycles. The minimum atomic E-state index is -2.34. The van der Waals surface area contributed by atoms with E-state index in [2.05, 4.69) is 18.4 Å². The van der Waals surface area contributed by atoms with Crippen molar-refractivity contribution in [2.24, 2.45) is 5.92 Å². The van der Waals surface area contributed by atoms with Crippen molar-refractivity contribution in [1.82, 2.24) is 0 Å². The van der Waals surface area contributed by atoms with Gasteiger partial charge in [-0.3, -0.25) is 0 Å². The standard InChI is InChI=1S/C18H17F5O2/c1-5-6-10(4)11(8-7-9(2)3)25-18(24)12-13(19)15(21)17(23)16(22)14(12)20/h10-11H,2,5-6H2,1,3-4H3. The zero-order chi connectivity index (χ0) is 19.3. The molecule has 7 heteroatoms. The maximum atomic E-state index is 13.7. The van der Waals surface area contributed by atoms with Gasteiger partial charge in [0.05, 0.1) is 0 Å². The summed E-state index contributed by atoms with van der Waals surface area (Å²) in [6.45, 7) is 8.71. The molecule has 0 saturated heterocycles. The number of rotatable bonds is 5. The van der Waals surface area contributed by atoms with Gasteiger partial charge in [-0.05, 0) is 18.9 Å². The molecule has 0 heterocycles. The van der Waals surface area contributed by atoms with E-state index >= 15 is 0 Å². The molecule has 25 heavy (non-hydrogen) atoms. The Labute approximate surface area is 142 Å². The summed E-state index contributed by atoms with van der Waals surface area (Å²) in [4.78, 5) is 12.0. The topological polar surface area (TPSA) is 26.3 Å². The molecule has 1 rings (SSSR count). The summed E-state index contributed by atoms with van der Waals surface area (Å²) in [6.07, 6.45) is 0.200. The summed E-state index contributed by atoms with van der Waals surface area (Å²) < 4.78 is 71.8. The molecule has 0 amide bonds. The molecule has 0 fully saturated rings. The quantitative estimate of drug-likeness (QED) is 0.245. The molecule has 0 aromatic heterocycles. The molecule has 2 nitrogen and oxygen atoms in total. The van der Waals surface area contributed by atoms with Gasteiger partial charge in [-0.25, -0.2) is 26.7 Å². The fourth-order valence-corrected chi connectivity index (χ4v) is 2.05. The van der Waals surface area contributed by atoms with Crippen molar-refractivity contribution >= 4 is 5.97 Å². The zero-order valence-corrected chi connectivity index (χ0v) is 14.0. The average molecular weight is 360 g/mol. The Morgan fingerprint density at radius 3 is 2.00 bits per heavy atom. The van der Waals surface area contributed by atoms with Gasteiger partial charge in [0.15, 0.2) is 29.4 Å². The summed E-state index contributed by atoms with van der Waals surface area (Å²) in [6, 6.07) is 0. The Balaban J connectivity index is 3.26. The lowest BCUT2D eigenvalue weighted by atomic mass is 9.99. The highest BCUT2D eigenvalue weighted by atomic mass is 19.2. The molecule has 0 aliphatic carbocycles. The Morgan fingerprint density at radius 1 is 1.08 bits per heavy atom. The maximum Gasteiger partial charge on any atom is 0.345 e. The number of allylic oxidation sites excluding steroid dienone is 1. The van der Waals surface area contributed by atoms with Crippen molar-refractivity contribution in [2.45, 2.75) is 39.7 Å². The van der Waals surface area contributed by atoms with Crippen molar-refractivity contribution in [3.63, 3.8) is 0 Å². The van der Waals surface area contributed by atoms with Crippen molar-refractivity contribution in [2.75, 3.05) is 0 Å². The summed E-state index contributed by atoms with van der Waals surface area (Å²) in [7, 11) is 0. The average Bonchev–Trinajstić information content (AvgIpc) is 2.55. The van der Waals surface area contributed by atoms with Gasteiger partial charge in [0.25, 0.3) is 0 Å². The van der Waals surface area contributed by atoms with Crippen molar-refractivity contribution in [1.29, 1.82) is 0 Å². The molecular weight excluding hydrogens is 343 g/mol. The lowest BCUT2D eigenvalue weighted by Gasteiger charge is -2.19. The van der Waals surface area contributed by atoms with Gasteiger partial charge in [0.2, 0.25) is 5.82 Å². The van der Waals surface area contributed by atoms with Crippen LogP contribution in [0.2, 0.25) is 0 Å². The van der Waals surface area contributed by atoms with E-state index in [0.717, 1.165) is 0 Å². The van der Waals surface area contributed by atoms with Crippen LogP contribution in [0.25, 0.3) is 0 Å². The Morgan fingerprint density at radius 2 is 1.56 bits per heavy atom. The highest BCUT2D eigenvalue weighted by Crippen LogP contribution is 2.25. The number of hydrogen-bond donors (Lipinski definition) is 0. The minimum absolute atomic E-state index is 0.318. The van der Waals surface area contributed by atoms with E-state index in [1.807, 2.05) is 6.92 Å². The number of ether oxygens (including phenoxy) is 1. The second-order valence-corrected chi connectivity index (χ2v) is 5.59. The van der Waals surface area contributed by atoms with Crippen molar-refractivity contribution < 1.29 is 31.5 Å². The van der Waals surface area contributed by atoms with Crippen LogP contribution in [0.1, 0.15) is 44.0 Å². The number of esters is 1. The van der Waals surface area contributed by atoms with E-state index in [1.54, 1.807) is 13.8 Å². The summed E-state index contributed by atoms with van der Waals surface area (Å²) in [5.74, 6) is -8.06. The molecular formula is C18H17F5O2. The van der Waals surface area contributed by atoms with Crippen molar-refractivity contribution in [3.8, 4) is 11.8 Å². The van der Waals surface area contributed by atoms with Crippen LogP contribution in [-0.2, 0) is 4.74 Å². The van der Waals surface area contributed by atoms with E-state index in [0.29, 0.717) is 18.4 Å². The third kappa shape index (κ3) is 4.81. The van der Waals surface area contributed by atoms with Crippen LogP contribution < -0.4 is 0 Å². The zero-order valence-electron chi connectivity index (χ0n) is 14.0. The fourth-order valence-electron chi connectivity index (χ4n) is 2.05. The van der Waals surface area contributed by atoms with E-state index in [4.69, 9.17) is 4.74 Å². The molecule has 0 bridgehead atoms. The van der Waals surface area contributed by atoms with E-state index in [-0.39, 0.29) is 5.92 Å². The second kappa shape index (κ2) is 8.65. The number of benzene rings is 1. The first-order valence-electron chi connectivity index (χ1n) is 7.51. The minimum Gasteiger partial charge on any atom is -0.445 e. The van der Waals surface area contributed by atoms with E-state index in [1.165, 1.54) is 0 Å². The lowest BCUT2D eigenvalue weighted by molar-refractivity contribution is 0.0291. The predicted octanol–water partition coefficient (Wildman–Crippen LogP) is 4.92. The SMILES string of the molecule is C=C(C)C#CC(OC(=O)c1c(F)c(F)c(F)c(F)c1F)C(C)CCC. The number of halogens is 5. The Kier molecular flexibility index (Phi) is 7.16. The van der Waals surface area contributed by atoms with Crippen LogP contribution in [0, 0.1) is 46.8 Å². The first-order chi connectivity index (χ1) is 11.6. The van der Waals surface area contributed by atoms with E-state index < -0.39 is 46.7 Å². The molecule has 0 saturated carbocycles. The number of hydrogen-bond acceptors (Lipinski definition) is 2. The summed E-state index contributed by atoms with van der Waals surface area (Å²) >= 11 is 0. The predicted molar refractivity (Wildman–Crippen MR) is 82.1 cm³/mol. The molecule has 0 spiro atoms. The van der Waals surface area contributed by atoms with Crippen LogP contribution in [0.15, 0.2) is 12.2 Å². The summed E-state index contributed by atoms with van der Waals surface area (Å²) in [5, 5.41) is 0. The first kappa shape index (κ1) is 20.7. The van der Waals surface area contributed by atoms with Crippen LogP contribution in [0.4, 0.5) is 22.0 Å². The van der Waals surface area contributed by atoms with Crippen LogP contribution in [-0.4, -0.2) is 12.1 Å². The molecule has 0 N–H and O–H groups in total. The third-order valence-electron chi connectivity index (χ3n) is 3.34. The maximum absolute atomic E-state index is 13.7. The van der Waals surface area contributed by atoms with Gasteiger partial charge in [0, 0.05) is 5.92 Å². The molecule has 1 aromatic carbocycles. The fraction of sp³-hybridized carbons (Fsp3) is 0.389. The second-order valence-electron chi connectivity index (χ2n) is 5.59. The number of carbonyl (C=O) groups excluding carboxylic acids is 1. The molecule has 1 aromatic rings. The lowest BCUT2D eigenvalue weighted by Crippen LogP contribution is -2.26. The van der Waals surface area contributed by atoms with Gasteiger partial charge in [-0.2, -0.15) is 0 Å². The van der Waals surface area contributed by atoms with Gasteiger partial charge >= 0.3 is 5.97 Å². The molecule has 2 unspecified atom stereocenters. The highest BCUT2D eigenvalue weighted by molar-refractivity contribution is 5.90. The Bertz CT molecular complexity index is 717. The summed E-state index contributed by atoms with van der Waals surface area (Å²) in [5.41, 5.74) is -1.18. The van der Waals surface area contributed by atoms with Gasteiger partial charge in [-0.15, -0.1) is 0 Å². The van der Waals surface area contributed by atoms with Gasteiger partial charge < -0.3 is 4.74 Å². The largest absolute Gasteiger partial charge is 0.445 e. The third-order valence-corrected chi connectivity index (χ3v) is 3.34. The molecule has 2 atom stereocenters. The van der Waals surface area contributed by atoms with Crippen LogP contribution in [0.3, 0.4) is 0 Å². The number of carbonyl (C=O) groups is 1. The molecule has 0 aliphatic rings. The van der Waals surface area contributed by atoms with E-state index in [9.17, 15) is 26.7 Å². The van der Waals surface area contributed by atoms with Gasteiger partial charge in [-0.1, -0.05) is 38.7 Å². The monoisotopic (exact) mass is 360 g/mol. The van der Waals surface area contributed by atoms with Crippen molar-refractivity contribution in [3.05, 3.63) is 46.8 Å². The molecule has 136 valence electrons. The first-order valence-corrected chi connectivity index (χ1v) is 7.51. The normalized spacial score (nSPS) is 12.8.